The molecular weight excluding hydrogens is 292 g/mol. The van der Waals surface area contributed by atoms with Crippen molar-refractivity contribution in [3.63, 3.8) is 0 Å². The molecule has 102 valence electrons. The topological polar surface area (TPSA) is 64.0 Å². The van der Waals surface area contributed by atoms with E-state index in [0.717, 1.165) is 5.56 Å². The fourth-order valence-corrected chi connectivity index (χ4v) is 3.48. The predicted octanol–water partition coefficient (Wildman–Crippen LogP) is 1.88. The molecular formula is C14H13N2O2S2+. The van der Waals surface area contributed by atoms with Crippen LogP contribution in [0.15, 0.2) is 58.9 Å². The molecule has 0 fully saturated rings. The van der Waals surface area contributed by atoms with Gasteiger partial charge in [0, 0.05) is 11.6 Å². The molecule has 2 N–H and O–H groups in total. The van der Waals surface area contributed by atoms with Crippen molar-refractivity contribution >= 4 is 31.6 Å². The normalized spacial score (nSPS) is 11.8. The number of sulfonamides is 1. The van der Waals surface area contributed by atoms with Crippen LogP contribution in [0.2, 0.25) is 0 Å². The van der Waals surface area contributed by atoms with Gasteiger partial charge in [-0.25, -0.2) is 13.6 Å². The minimum absolute atomic E-state index is 0.140. The maximum atomic E-state index is 11.2. The number of benzene rings is 2. The highest BCUT2D eigenvalue weighted by molar-refractivity contribution is 7.89. The average Bonchev–Trinajstić information content (AvgIpc) is 2.82. The second-order valence-corrected chi connectivity index (χ2v) is 6.96. The highest BCUT2D eigenvalue weighted by atomic mass is 32.2. The molecule has 1 heterocycles. The zero-order valence-electron chi connectivity index (χ0n) is 10.6. The number of hydrogen-bond donors (Lipinski definition) is 1. The monoisotopic (exact) mass is 305 g/mol. The van der Waals surface area contributed by atoms with Gasteiger partial charge in [-0.1, -0.05) is 35.6 Å². The number of para-hydroxylation sites is 1. The summed E-state index contributed by atoms with van der Waals surface area (Å²) >= 11 is 1.69. The molecule has 0 atom stereocenters. The minimum Gasteiger partial charge on any atom is -0.225 e. The number of rotatable bonds is 3. The molecule has 20 heavy (non-hydrogen) atoms. The van der Waals surface area contributed by atoms with Crippen LogP contribution in [-0.2, 0) is 16.6 Å². The Labute approximate surface area is 121 Å². The van der Waals surface area contributed by atoms with E-state index in [1.165, 1.54) is 10.2 Å². The number of hydrogen-bond acceptors (Lipinski definition) is 3. The lowest BCUT2D eigenvalue weighted by molar-refractivity contribution is -0.658. The molecule has 0 aliphatic carbocycles. The van der Waals surface area contributed by atoms with Gasteiger partial charge in [0.2, 0.25) is 21.1 Å². The largest absolute Gasteiger partial charge is 0.238 e. The van der Waals surface area contributed by atoms with Crippen LogP contribution < -0.4 is 9.71 Å². The van der Waals surface area contributed by atoms with Gasteiger partial charge in [-0.05, 0) is 18.2 Å². The molecule has 6 heteroatoms. The summed E-state index contributed by atoms with van der Waals surface area (Å²) in [6.07, 6.45) is 0. The maximum Gasteiger partial charge on any atom is 0.238 e. The first-order valence-electron chi connectivity index (χ1n) is 6.01. The van der Waals surface area contributed by atoms with E-state index in [1.54, 1.807) is 35.6 Å². The fraction of sp³-hybridized carbons (Fsp3) is 0.0714. The SMILES string of the molecule is NS(=O)(=O)c1ccc(C[n+]2csc3ccccc32)cc1. The van der Waals surface area contributed by atoms with Crippen LogP contribution in [-0.4, -0.2) is 8.42 Å². The highest BCUT2D eigenvalue weighted by Crippen LogP contribution is 2.16. The van der Waals surface area contributed by atoms with Crippen LogP contribution in [0.25, 0.3) is 10.2 Å². The molecule has 0 spiro atoms. The van der Waals surface area contributed by atoms with E-state index in [2.05, 4.69) is 22.2 Å². The molecule has 2 aromatic carbocycles. The van der Waals surface area contributed by atoms with E-state index in [1.807, 2.05) is 12.1 Å². The Morgan fingerprint density at radius 2 is 1.75 bits per heavy atom. The van der Waals surface area contributed by atoms with Crippen molar-refractivity contribution in [3.05, 3.63) is 59.6 Å². The first-order valence-corrected chi connectivity index (χ1v) is 8.44. The summed E-state index contributed by atoms with van der Waals surface area (Å²) in [6.45, 7) is 0.703. The van der Waals surface area contributed by atoms with Gasteiger partial charge in [-0.3, -0.25) is 0 Å². The highest BCUT2D eigenvalue weighted by Gasteiger charge is 2.12. The number of fused-ring (bicyclic) bond motifs is 1. The van der Waals surface area contributed by atoms with Crippen LogP contribution in [0, 0.1) is 0 Å². The lowest BCUT2D eigenvalue weighted by atomic mass is 10.2. The van der Waals surface area contributed by atoms with Crippen molar-refractivity contribution in [1.29, 1.82) is 0 Å². The van der Waals surface area contributed by atoms with Gasteiger partial charge in [0.1, 0.15) is 4.70 Å². The summed E-state index contributed by atoms with van der Waals surface area (Å²) < 4.78 is 25.8. The average molecular weight is 305 g/mol. The van der Waals surface area contributed by atoms with E-state index in [4.69, 9.17) is 5.14 Å². The molecule has 1 aromatic heterocycles. The summed E-state index contributed by atoms with van der Waals surface area (Å²) in [5.41, 5.74) is 4.28. The van der Waals surface area contributed by atoms with Gasteiger partial charge in [-0.2, -0.15) is 4.57 Å². The second-order valence-electron chi connectivity index (χ2n) is 4.51. The summed E-state index contributed by atoms with van der Waals surface area (Å²) in [7, 11) is -3.62. The zero-order valence-corrected chi connectivity index (χ0v) is 12.2. The Kier molecular flexibility index (Phi) is 3.29. The molecule has 3 rings (SSSR count). The predicted molar refractivity (Wildman–Crippen MR) is 78.9 cm³/mol. The molecule has 0 saturated heterocycles. The molecule has 0 aliphatic rings. The third kappa shape index (κ3) is 2.58. The van der Waals surface area contributed by atoms with Gasteiger partial charge >= 0.3 is 0 Å². The quantitative estimate of drug-likeness (QED) is 0.751. The van der Waals surface area contributed by atoms with Crippen molar-refractivity contribution in [2.24, 2.45) is 5.14 Å². The summed E-state index contributed by atoms with van der Waals surface area (Å²) in [5.74, 6) is 0. The Bertz CT molecular complexity index is 852. The number of aromatic nitrogens is 1. The zero-order chi connectivity index (χ0) is 14.2. The molecule has 0 radical (unpaired) electrons. The van der Waals surface area contributed by atoms with Crippen LogP contribution in [0.3, 0.4) is 0 Å². The standard InChI is InChI=1S/C14H13N2O2S2/c15-20(17,18)12-7-5-11(6-8-12)9-16-10-19-14-4-2-1-3-13(14)16/h1-8,10H,9H2,(H2,15,17,18)/q+1. The number of thiazole rings is 1. The van der Waals surface area contributed by atoms with E-state index in [9.17, 15) is 8.42 Å². The first kappa shape index (κ1) is 13.2. The first-order chi connectivity index (χ1) is 9.54. The molecule has 0 aliphatic heterocycles. The Hall–Kier alpha value is -1.76. The van der Waals surface area contributed by atoms with Crippen molar-refractivity contribution < 1.29 is 13.0 Å². The van der Waals surface area contributed by atoms with Crippen molar-refractivity contribution in [3.8, 4) is 0 Å². The van der Waals surface area contributed by atoms with Gasteiger partial charge in [-0.15, -0.1) is 0 Å². The third-order valence-corrected chi connectivity index (χ3v) is 4.97. The van der Waals surface area contributed by atoms with Crippen molar-refractivity contribution in [2.45, 2.75) is 11.4 Å². The summed E-state index contributed by atoms with van der Waals surface area (Å²) in [6, 6.07) is 14.9. The van der Waals surface area contributed by atoms with Crippen LogP contribution in [0.1, 0.15) is 5.56 Å². The van der Waals surface area contributed by atoms with Gasteiger partial charge in [0.25, 0.3) is 0 Å². The lowest BCUT2D eigenvalue weighted by Crippen LogP contribution is -2.31. The molecule has 4 nitrogen and oxygen atoms in total. The van der Waals surface area contributed by atoms with Gasteiger partial charge in [0.15, 0.2) is 6.54 Å². The molecule has 0 bridgehead atoms. The minimum atomic E-state index is -3.62. The molecule has 0 saturated carbocycles. The smallest absolute Gasteiger partial charge is 0.225 e. The van der Waals surface area contributed by atoms with Crippen molar-refractivity contribution in [2.75, 3.05) is 0 Å². The van der Waals surface area contributed by atoms with Crippen molar-refractivity contribution in [1.82, 2.24) is 0 Å². The van der Waals surface area contributed by atoms with Gasteiger partial charge in [0.05, 0.1) is 4.90 Å². The van der Waals surface area contributed by atoms with E-state index < -0.39 is 10.0 Å². The van der Waals surface area contributed by atoms with E-state index >= 15 is 0 Å². The molecule has 0 unspecified atom stereocenters. The van der Waals surface area contributed by atoms with Crippen LogP contribution >= 0.6 is 11.3 Å². The fourth-order valence-electron chi connectivity index (χ4n) is 2.07. The summed E-state index contributed by atoms with van der Waals surface area (Å²) in [4.78, 5) is 0.140. The Balaban J connectivity index is 1.92. The van der Waals surface area contributed by atoms with Crippen LogP contribution in [0.4, 0.5) is 0 Å². The van der Waals surface area contributed by atoms with E-state index in [0.29, 0.717) is 6.54 Å². The maximum absolute atomic E-state index is 11.2. The van der Waals surface area contributed by atoms with E-state index in [-0.39, 0.29) is 4.90 Å². The van der Waals surface area contributed by atoms with Gasteiger partial charge < -0.3 is 0 Å². The molecule has 3 aromatic rings. The number of nitrogens with zero attached hydrogens (tertiary/aromatic N) is 1. The van der Waals surface area contributed by atoms with Crippen LogP contribution in [0.5, 0.6) is 0 Å². The lowest BCUT2D eigenvalue weighted by Gasteiger charge is -2.00. The Morgan fingerprint density at radius 1 is 1.05 bits per heavy atom. The number of nitrogens with two attached hydrogens (primary N) is 1. The molecule has 0 amide bonds. The third-order valence-electron chi connectivity index (χ3n) is 3.09. The second kappa shape index (κ2) is 4.97. The summed E-state index contributed by atoms with van der Waals surface area (Å²) in [5, 5.41) is 5.09. The Morgan fingerprint density at radius 3 is 2.45 bits per heavy atom. The number of primary sulfonamides is 1.